The van der Waals surface area contributed by atoms with Crippen LogP contribution in [0.2, 0.25) is 0 Å². The summed E-state index contributed by atoms with van der Waals surface area (Å²) in [5.41, 5.74) is 2.67. The summed E-state index contributed by atoms with van der Waals surface area (Å²) in [5.74, 6) is -0.290. The molecule has 0 saturated heterocycles. The minimum absolute atomic E-state index is 0.257. The molecule has 5 nitrogen and oxygen atoms in total. The Labute approximate surface area is 124 Å². The summed E-state index contributed by atoms with van der Waals surface area (Å²) in [6.07, 6.45) is 0.439. The van der Waals surface area contributed by atoms with E-state index in [1.807, 2.05) is 18.4 Å². The number of rotatable bonds is 3. The molecule has 0 unspecified atom stereocenters. The van der Waals surface area contributed by atoms with Gasteiger partial charge in [-0.05, 0) is 24.6 Å². The summed E-state index contributed by atoms with van der Waals surface area (Å²) in [5, 5.41) is 19.6. The molecule has 0 aliphatic rings. The number of halogens is 1. The Balaban J connectivity index is 2.02. The van der Waals surface area contributed by atoms with Crippen molar-refractivity contribution in [2.45, 2.75) is 13.3 Å². The van der Waals surface area contributed by atoms with Crippen molar-refractivity contribution in [2.75, 3.05) is 0 Å². The molecule has 0 aliphatic heterocycles. The molecule has 21 heavy (non-hydrogen) atoms. The van der Waals surface area contributed by atoms with E-state index < -0.39 is 0 Å². The van der Waals surface area contributed by atoms with E-state index in [0.29, 0.717) is 17.2 Å². The van der Waals surface area contributed by atoms with Crippen LogP contribution in [-0.4, -0.2) is 20.0 Å². The first-order valence-electron chi connectivity index (χ1n) is 6.19. The number of thiazole rings is 1. The van der Waals surface area contributed by atoms with Crippen LogP contribution in [0.25, 0.3) is 5.13 Å². The lowest BCUT2D eigenvalue weighted by molar-refractivity contribution is 0.627. The predicted molar refractivity (Wildman–Crippen MR) is 75.7 cm³/mol. The van der Waals surface area contributed by atoms with Gasteiger partial charge < -0.3 is 0 Å². The van der Waals surface area contributed by atoms with E-state index in [-0.39, 0.29) is 11.5 Å². The van der Waals surface area contributed by atoms with Crippen LogP contribution in [0.3, 0.4) is 0 Å². The third kappa shape index (κ3) is 2.66. The van der Waals surface area contributed by atoms with Gasteiger partial charge in [-0.1, -0.05) is 17.3 Å². The summed E-state index contributed by atoms with van der Waals surface area (Å²) < 4.78 is 14.5. The van der Waals surface area contributed by atoms with Crippen molar-refractivity contribution in [1.29, 1.82) is 5.26 Å². The van der Waals surface area contributed by atoms with Crippen LogP contribution in [0.4, 0.5) is 4.39 Å². The second-order valence-electron chi connectivity index (χ2n) is 4.48. The zero-order valence-electron chi connectivity index (χ0n) is 11.1. The first-order chi connectivity index (χ1) is 10.2. The zero-order valence-corrected chi connectivity index (χ0v) is 11.9. The fraction of sp³-hybridized carbons (Fsp3) is 0.143. The van der Waals surface area contributed by atoms with Gasteiger partial charge in [0.15, 0.2) is 5.69 Å². The van der Waals surface area contributed by atoms with Gasteiger partial charge in [0, 0.05) is 11.8 Å². The highest BCUT2D eigenvalue weighted by Gasteiger charge is 2.16. The molecule has 3 aromatic rings. The standard InChI is InChI=1S/C14H10FN5S/c1-9-8-21-14(17-9)20-13(12(7-16)18-19-20)6-10-2-4-11(15)5-3-10/h2-5,8H,6H2,1H3. The highest BCUT2D eigenvalue weighted by molar-refractivity contribution is 7.12. The van der Waals surface area contributed by atoms with Crippen LogP contribution in [0.5, 0.6) is 0 Å². The Hall–Kier alpha value is -2.59. The average molecular weight is 299 g/mol. The number of hydrogen-bond acceptors (Lipinski definition) is 5. The SMILES string of the molecule is Cc1csc(-n2nnc(C#N)c2Cc2ccc(F)cc2)n1. The second-order valence-corrected chi connectivity index (χ2v) is 5.32. The molecule has 0 bridgehead atoms. The number of benzene rings is 1. The molecule has 0 N–H and O–H groups in total. The largest absolute Gasteiger partial charge is 0.224 e. The number of aromatic nitrogens is 4. The van der Waals surface area contributed by atoms with Gasteiger partial charge in [0.05, 0.1) is 11.4 Å². The lowest BCUT2D eigenvalue weighted by Gasteiger charge is -2.03. The average Bonchev–Trinajstić information content (AvgIpc) is 3.07. The summed E-state index contributed by atoms with van der Waals surface area (Å²) in [4.78, 5) is 4.35. The van der Waals surface area contributed by atoms with E-state index in [1.165, 1.54) is 23.5 Å². The van der Waals surface area contributed by atoms with Crippen LogP contribution in [-0.2, 0) is 6.42 Å². The smallest absolute Gasteiger partial charge is 0.212 e. The van der Waals surface area contributed by atoms with E-state index in [4.69, 9.17) is 5.26 Å². The molecule has 0 amide bonds. The molecular weight excluding hydrogens is 289 g/mol. The van der Waals surface area contributed by atoms with Crippen LogP contribution in [0, 0.1) is 24.1 Å². The molecule has 1 aromatic carbocycles. The van der Waals surface area contributed by atoms with Gasteiger partial charge in [-0.2, -0.15) is 9.94 Å². The van der Waals surface area contributed by atoms with Gasteiger partial charge in [-0.3, -0.25) is 0 Å². The van der Waals surface area contributed by atoms with Gasteiger partial charge in [0.1, 0.15) is 11.9 Å². The molecule has 0 fully saturated rings. The van der Waals surface area contributed by atoms with Crippen molar-refractivity contribution < 1.29 is 4.39 Å². The quantitative estimate of drug-likeness (QED) is 0.745. The molecule has 3 rings (SSSR count). The molecule has 0 atom stereocenters. The fourth-order valence-electron chi connectivity index (χ4n) is 1.94. The fourth-order valence-corrected chi connectivity index (χ4v) is 2.71. The molecule has 0 saturated carbocycles. The lowest BCUT2D eigenvalue weighted by Crippen LogP contribution is -2.04. The van der Waals surface area contributed by atoms with Crippen LogP contribution < -0.4 is 0 Å². The third-order valence-corrected chi connectivity index (χ3v) is 3.88. The maximum Gasteiger partial charge on any atom is 0.212 e. The van der Waals surface area contributed by atoms with Gasteiger partial charge in [-0.25, -0.2) is 9.37 Å². The van der Waals surface area contributed by atoms with E-state index in [1.54, 1.807) is 16.8 Å². The highest BCUT2D eigenvalue weighted by atomic mass is 32.1. The molecule has 2 heterocycles. The Morgan fingerprint density at radius 3 is 2.71 bits per heavy atom. The lowest BCUT2D eigenvalue weighted by atomic mass is 10.1. The maximum atomic E-state index is 13.0. The second kappa shape index (κ2) is 5.42. The summed E-state index contributed by atoms with van der Waals surface area (Å²) in [6, 6.07) is 8.18. The van der Waals surface area contributed by atoms with Gasteiger partial charge >= 0.3 is 0 Å². The third-order valence-electron chi connectivity index (χ3n) is 2.94. The number of hydrogen-bond donors (Lipinski definition) is 0. The van der Waals surface area contributed by atoms with Crippen molar-refractivity contribution in [1.82, 2.24) is 20.0 Å². The molecular formula is C14H10FN5S. The van der Waals surface area contributed by atoms with E-state index >= 15 is 0 Å². The molecule has 104 valence electrons. The Bertz CT molecular complexity index is 813. The highest BCUT2D eigenvalue weighted by Crippen LogP contribution is 2.19. The van der Waals surface area contributed by atoms with Crippen molar-refractivity contribution in [2.24, 2.45) is 0 Å². The molecule has 0 aliphatic carbocycles. The van der Waals surface area contributed by atoms with E-state index in [2.05, 4.69) is 15.3 Å². The number of nitrogens with zero attached hydrogens (tertiary/aromatic N) is 5. The normalized spacial score (nSPS) is 10.5. The maximum absolute atomic E-state index is 13.0. The van der Waals surface area contributed by atoms with Crippen molar-refractivity contribution in [3.05, 3.63) is 58.1 Å². The van der Waals surface area contributed by atoms with Gasteiger partial charge in [-0.15, -0.1) is 16.4 Å². The van der Waals surface area contributed by atoms with Crippen molar-refractivity contribution in [3.8, 4) is 11.2 Å². The molecule has 0 radical (unpaired) electrons. The van der Waals surface area contributed by atoms with E-state index in [0.717, 1.165) is 11.3 Å². The van der Waals surface area contributed by atoms with Crippen LogP contribution in [0.15, 0.2) is 29.6 Å². The number of nitriles is 1. The predicted octanol–water partition coefficient (Wildman–Crippen LogP) is 2.63. The minimum Gasteiger partial charge on any atom is -0.224 e. The summed E-state index contributed by atoms with van der Waals surface area (Å²) >= 11 is 1.43. The van der Waals surface area contributed by atoms with Crippen LogP contribution >= 0.6 is 11.3 Å². The van der Waals surface area contributed by atoms with Gasteiger partial charge in [0.2, 0.25) is 5.13 Å². The molecule has 7 heteroatoms. The minimum atomic E-state index is -0.290. The monoisotopic (exact) mass is 299 g/mol. The molecule has 0 spiro atoms. The molecule has 2 aromatic heterocycles. The van der Waals surface area contributed by atoms with Crippen molar-refractivity contribution >= 4 is 11.3 Å². The zero-order chi connectivity index (χ0) is 14.8. The Morgan fingerprint density at radius 1 is 1.33 bits per heavy atom. The first kappa shape index (κ1) is 13.4. The van der Waals surface area contributed by atoms with Crippen molar-refractivity contribution in [3.63, 3.8) is 0 Å². The number of aryl methyl sites for hydroxylation is 1. The summed E-state index contributed by atoms with van der Waals surface area (Å²) in [6.45, 7) is 1.89. The Morgan fingerprint density at radius 2 is 2.10 bits per heavy atom. The first-order valence-corrected chi connectivity index (χ1v) is 7.07. The van der Waals surface area contributed by atoms with Gasteiger partial charge in [0.25, 0.3) is 0 Å². The summed E-state index contributed by atoms with van der Waals surface area (Å²) in [7, 11) is 0. The topological polar surface area (TPSA) is 67.4 Å². The van der Waals surface area contributed by atoms with Crippen LogP contribution in [0.1, 0.15) is 22.6 Å². The Kier molecular flexibility index (Phi) is 3.46. The van der Waals surface area contributed by atoms with E-state index in [9.17, 15) is 4.39 Å².